The van der Waals surface area contributed by atoms with E-state index in [0.29, 0.717) is 5.69 Å². The molecule has 1 heterocycles. The van der Waals surface area contributed by atoms with Gasteiger partial charge in [-0.1, -0.05) is 31.5 Å². The van der Waals surface area contributed by atoms with Crippen molar-refractivity contribution in [3.8, 4) is 0 Å². The monoisotopic (exact) mass is 288 g/mol. The number of carbonyl (C=O) groups is 1. The zero-order valence-corrected chi connectivity index (χ0v) is 11.6. The molecule has 1 aromatic heterocycles. The number of aromatic amines is 1. The molecule has 2 rings (SSSR count). The standard InChI is InChI=1S/C14H16N4O3/c1-2-3-6-10-7-4-5-8-11(10)16-14(19)13-12(18(20)21)9-15-17-13/h4-5,7-9H,2-3,6H2,1H3,(H,15,17)(H,16,19). The van der Waals surface area contributed by atoms with Gasteiger partial charge in [0, 0.05) is 5.69 Å². The summed E-state index contributed by atoms with van der Waals surface area (Å²) in [5.74, 6) is -0.567. The Morgan fingerprint density at radius 3 is 2.90 bits per heavy atom. The Hall–Kier alpha value is -2.70. The van der Waals surface area contributed by atoms with Crippen LogP contribution in [0.25, 0.3) is 0 Å². The third kappa shape index (κ3) is 3.44. The van der Waals surface area contributed by atoms with E-state index in [4.69, 9.17) is 0 Å². The maximum Gasteiger partial charge on any atom is 0.319 e. The maximum absolute atomic E-state index is 12.1. The van der Waals surface area contributed by atoms with Crippen LogP contribution in [-0.4, -0.2) is 21.0 Å². The van der Waals surface area contributed by atoms with E-state index in [2.05, 4.69) is 22.4 Å². The number of para-hydroxylation sites is 1. The number of benzene rings is 1. The Bertz CT molecular complexity index is 651. The topological polar surface area (TPSA) is 101 Å². The lowest BCUT2D eigenvalue weighted by Gasteiger charge is -2.09. The first kappa shape index (κ1) is 14.7. The molecule has 0 aliphatic carbocycles. The lowest BCUT2D eigenvalue weighted by atomic mass is 10.1. The summed E-state index contributed by atoms with van der Waals surface area (Å²) in [6.07, 6.45) is 3.93. The van der Waals surface area contributed by atoms with E-state index in [1.165, 1.54) is 0 Å². The van der Waals surface area contributed by atoms with E-state index >= 15 is 0 Å². The predicted molar refractivity (Wildman–Crippen MR) is 78.2 cm³/mol. The van der Waals surface area contributed by atoms with Crippen molar-refractivity contribution in [3.63, 3.8) is 0 Å². The van der Waals surface area contributed by atoms with Gasteiger partial charge in [-0.2, -0.15) is 5.10 Å². The Morgan fingerprint density at radius 1 is 1.43 bits per heavy atom. The molecule has 1 amide bonds. The lowest BCUT2D eigenvalue weighted by Crippen LogP contribution is -2.15. The summed E-state index contributed by atoms with van der Waals surface area (Å²) in [6.45, 7) is 2.09. The number of unbranched alkanes of at least 4 members (excludes halogenated alkanes) is 1. The molecule has 0 fully saturated rings. The maximum atomic E-state index is 12.1. The third-order valence-electron chi connectivity index (χ3n) is 3.11. The zero-order valence-electron chi connectivity index (χ0n) is 11.6. The molecule has 21 heavy (non-hydrogen) atoms. The highest BCUT2D eigenvalue weighted by Gasteiger charge is 2.23. The molecule has 7 nitrogen and oxygen atoms in total. The second kappa shape index (κ2) is 6.65. The van der Waals surface area contributed by atoms with Crippen molar-refractivity contribution in [1.29, 1.82) is 0 Å². The second-order valence-electron chi connectivity index (χ2n) is 4.60. The van der Waals surface area contributed by atoms with Crippen molar-refractivity contribution in [2.45, 2.75) is 26.2 Å². The van der Waals surface area contributed by atoms with Crippen LogP contribution in [0.2, 0.25) is 0 Å². The third-order valence-corrected chi connectivity index (χ3v) is 3.11. The van der Waals surface area contributed by atoms with Crippen molar-refractivity contribution in [2.75, 3.05) is 5.32 Å². The molecule has 0 saturated carbocycles. The van der Waals surface area contributed by atoms with Crippen LogP contribution in [0, 0.1) is 10.1 Å². The van der Waals surface area contributed by atoms with Crippen molar-refractivity contribution >= 4 is 17.3 Å². The van der Waals surface area contributed by atoms with Crippen LogP contribution in [-0.2, 0) is 6.42 Å². The molecule has 2 N–H and O–H groups in total. The van der Waals surface area contributed by atoms with Gasteiger partial charge >= 0.3 is 5.69 Å². The van der Waals surface area contributed by atoms with Gasteiger partial charge in [0.2, 0.25) is 5.69 Å². The molecular formula is C14H16N4O3. The number of carbonyl (C=O) groups excluding carboxylic acids is 1. The molecule has 0 unspecified atom stereocenters. The number of nitro groups is 1. The smallest absolute Gasteiger partial charge is 0.319 e. The van der Waals surface area contributed by atoms with Gasteiger partial charge in [0.25, 0.3) is 5.91 Å². The molecule has 0 aliphatic heterocycles. The van der Waals surface area contributed by atoms with Crippen LogP contribution in [0.1, 0.15) is 35.8 Å². The number of hydrogen-bond donors (Lipinski definition) is 2. The lowest BCUT2D eigenvalue weighted by molar-refractivity contribution is -0.385. The molecule has 0 spiro atoms. The fraction of sp³-hybridized carbons (Fsp3) is 0.286. The van der Waals surface area contributed by atoms with Crippen molar-refractivity contribution < 1.29 is 9.72 Å². The van der Waals surface area contributed by atoms with E-state index in [1.807, 2.05) is 18.2 Å². The fourth-order valence-electron chi connectivity index (χ4n) is 2.00. The number of aryl methyl sites for hydroxylation is 1. The Balaban J connectivity index is 2.20. The summed E-state index contributed by atoms with van der Waals surface area (Å²) >= 11 is 0. The molecule has 0 atom stereocenters. The summed E-state index contributed by atoms with van der Waals surface area (Å²) in [6, 6.07) is 7.43. The first-order chi connectivity index (χ1) is 10.1. The summed E-state index contributed by atoms with van der Waals surface area (Å²) in [4.78, 5) is 22.3. The Kier molecular flexibility index (Phi) is 4.65. The first-order valence-corrected chi connectivity index (χ1v) is 6.70. The minimum absolute atomic E-state index is 0.148. The van der Waals surface area contributed by atoms with Gasteiger partial charge in [0.15, 0.2) is 0 Å². The van der Waals surface area contributed by atoms with Gasteiger partial charge in [0.1, 0.15) is 6.20 Å². The molecule has 0 aliphatic rings. The van der Waals surface area contributed by atoms with Crippen LogP contribution in [0.3, 0.4) is 0 Å². The first-order valence-electron chi connectivity index (χ1n) is 6.70. The quantitative estimate of drug-likeness (QED) is 0.630. The number of amides is 1. The van der Waals surface area contributed by atoms with Gasteiger partial charge in [-0.15, -0.1) is 0 Å². The number of anilines is 1. The van der Waals surface area contributed by atoms with Crippen LogP contribution in [0.15, 0.2) is 30.5 Å². The average Bonchev–Trinajstić information content (AvgIpc) is 2.96. The number of aromatic nitrogens is 2. The average molecular weight is 288 g/mol. The fourth-order valence-corrected chi connectivity index (χ4v) is 2.00. The second-order valence-corrected chi connectivity index (χ2v) is 4.60. The van der Waals surface area contributed by atoms with Crippen molar-refractivity contribution in [3.05, 3.63) is 51.8 Å². The van der Waals surface area contributed by atoms with Crippen molar-refractivity contribution in [1.82, 2.24) is 10.2 Å². The Labute approximate surface area is 121 Å². The molecular weight excluding hydrogens is 272 g/mol. The Morgan fingerprint density at radius 2 is 2.19 bits per heavy atom. The molecule has 7 heteroatoms. The largest absolute Gasteiger partial charge is 0.320 e. The highest BCUT2D eigenvalue weighted by molar-refractivity contribution is 6.05. The number of rotatable bonds is 6. The minimum atomic E-state index is -0.637. The van der Waals surface area contributed by atoms with Gasteiger partial charge in [-0.25, -0.2) is 0 Å². The number of nitrogens with one attached hydrogen (secondary N) is 2. The molecule has 1 aromatic carbocycles. The van der Waals surface area contributed by atoms with E-state index in [1.54, 1.807) is 6.07 Å². The van der Waals surface area contributed by atoms with Gasteiger partial charge < -0.3 is 5.32 Å². The highest BCUT2D eigenvalue weighted by atomic mass is 16.6. The van der Waals surface area contributed by atoms with E-state index in [9.17, 15) is 14.9 Å². The van der Waals surface area contributed by atoms with Crippen LogP contribution >= 0.6 is 0 Å². The SMILES string of the molecule is CCCCc1ccccc1NC(=O)c1[nH]ncc1[N+](=O)[O-]. The van der Waals surface area contributed by atoms with Crippen LogP contribution < -0.4 is 5.32 Å². The van der Waals surface area contributed by atoms with Gasteiger partial charge in [-0.3, -0.25) is 20.0 Å². The molecule has 2 aromatic rings. The van der Waals surface area contributed by atoms with Crippen LogP contribution in [0.4, 0.5) is 11.4 Å². The number of H-pyrrole nitrogens is 1. The molecule has 0 radical (unpaired) electrons. The minimum Gasteiger partial charge on any atom is -0.320 e. The highest BCUT2D eigenvalue weighted by Crippen LogP contribution is 2.20. The predicted octanol–water partition coefficient (Wildman–Crippen LogP) is 2.91. The van der Waals surface area contributed by atoms with Gasteiger partial charge in [-0.05, 0) is 24.5 Å². The van der Waals surface area contributed by atoms with Crippen LogP contribution in [0.5, 0.6) is 0 Å². The van der Waals surface area contributed by atoms with Crippen molar-refractivity contribution in [2.24, 2.45) is 0 Å². The number of nitrogens with zero attached hydrogens (tertiary/aromatic N) is 2. The summed E-state index contributed by atoms with van der Waals surface area (Å²) < 4.78 is 0. The van der Waals surface area contributed by atoms with E-state index in [-0.39, 0.29) is 11.4 Å². The number of hydrogen-bond acceptors (Lipinski definition) is 4. The van der Waals surface area contributed by atoms with Gasteiger partial charge in [0.05, 0.1) is 4.92 Å². The van der Waals surface area contributed by atoms with E-state index in [0.717, 1.165) is 31.0 Å². The molecule has 110 valence electrons. The normalized spacial score (nSPS) is 10.3. The zero-order chi connectivity index (χ0) is 15.2. The summed E-state index contributed by atoms with van der Waals surface area (Å²) in [5, 5.41) is 19.4. The summed E-state index contributed by atoms with van der Waals surface area (Å²) in [7, 11) is 0. The summed E-state index contributed by atoms with van der Waals surface area (Å²) in [5.41, 5.74) is 1.19. The van der Waals surface area contributed by atoms with E-state index < -0.39 is 10.8 Å². The molecule has 0 saturated heterocycles. The molecule has 0 bridgehead atoms.